The summed E-state index contributed by atoms with van der Waals surface area (Å²) in [5.74, 6) is 1.33. The van der Waals surface area contributed by atoms with Gasteiger partial charge in [-0.2, -0.15) is 5.10 Å². The van der Waals surface area contributed by atoms with Crippen LogP contribution in [0.4, 0.5) is 10.6 Å². The Labute approximate surface area is 146 Å². The molecule has 7 heteroatoms. The lowest BCUT2D eigenvalue weighted by Crippen LogP contribution is -2.31. The Morgan fingerprint density at radius 3 is 3.12 bits per heavy atom. The van der Waals surface area contributed by atoms with Gasteiger partial charge in [-0.15, -0.1) is 11.3 Å². The molecule has 6 nitrogen and oxygen atoms in total. The van der Waals surface area contributed by atoms with E-state index in [0.717, 1.165) is 42.3 Å². The van der Waals surface area contributed by atoms with Gasteiger partial charge in [0.25, 0.3) is 0 Å². The maximum absolute atomic E-state index is 12.1. The van der Waals surface area contributed by atoms with Gasteiger partial charge in [0, 0.05) is 36.7 Å². The quantitative estimate of drug-likeness (QED) is 0.789. The fourth-order valence-corrected chi connectivity index (χ4v) is 3.59. The SMILES string of the molecule is Cc1csc(CCNC(=O)Nc2ccnn2CC2CC=CCC2)n1. The van der Waals surface area contributed by atoms with Crippen LogP contribution in [0.1, 0.15) is 30.0 Å². The van der Waals surface area contributed by atoms with Crippen molar-refractivity contribution in [2.75, 3.05) is 11.9 Å². The monoisotopic (exact) mass is 345 g/mol. The number of anilines is 1. The predicted molar refractivity (Wildman–Crippen MR) is 96.3 cm³/mol. The maximum atomic E-state index is 12.1. The molecule has 128 valence electrons. The van der Waals surface area contributed by atoms with Crippen LogP contribution < -0.4 is 10.6 Å². The van der Waals surface area contributed by atoms with Crippen LogP contribution in [0.15, 0.2) is 29.8 Å². The van der Waals surface area contributed by atoms with E-state index < -0.39 is 0 Å². The van der Waals surface area contributed by atoms with E-state index in [0.29, 0.717) is 12.5 Å². The number of hydrogen-bond acceptors (Lipinski definition) is 4. The van der Waals surface area contributed by atoms with Crippen molar-refractivity contribution in [1.29, 1.82) is 0 Å². The molecule has 0 saturated carbocycles. The van der Waals surface area contributed by atoms with Crippen molar-refractivity contribution in [3.63, 3.8) is 0 Å². The number of urea groups is 1. The fraction of sp³-hybridized carbons (Fsp3) is 0.471. The third kappa shape index (κ3) is 4.67. The van der Waals surface area contributed by atoms with Crippen molar-refractivity contribution in [1.82, 2.24) is 20.1 Å². The Hall–Kier alpha value is -2.15. The van der Waals surface area contributed by atoms with E-state index >= 15 is 0 Å². The van der Waals surface area contributed by atoms with Crippen molar-refractivity contribution < 1.29 is 4.79 Å². The molecule has 2 aromatic heterocycles. The van der Waals surface area contributed by atoms with Crippen LogP contribution in [-0.2, 0) is 13.0 Å². The summed E-state index contributed by atoms with van der Waals surface area (Å²) in [6.45, 7) is 3.38. The molecule has 1 aliphatic carbocycles. The molecule has 2 heterocycles. The zero-order valence-electron chi connectivity index (χ0n) is 13.9. The van der Waals surface area contributed by atoms with E-state index in [2.05, 4.69) is 32.9 Å². The number of carbonyl (C=O) groups is 1. The second-order valence-corrected chi connectivity index (χ2v) is 7.01. The normalized spacial score (nSPS) is 17.0. The van der Waals surface area contributed by atoms with Crippen LogP contribution in [0.3, 0.4) is 0 Å². The van der Waals surface area contributed by atoms with E-state index in [4.69, 9.17) is 0 Å². The van der Waals surface area contributed by atoms with Crippen LogP contribution in [0.5, 0.6) is 0 Å². The first-order valence-electron chi connectivity index (χ1n) is 8.33. The molecule has 0 aromatic carbocycles. The second kappa shape index (κ2) is 8.10. The third-order valence-corrected chi connectivity index (χ3v) is 5.08. The highest BCUT2D eigenvalue weighted by Gasteiger charge is 2.14. The number of nitrogens with one attached hydrogen (secondary N) is 2. The highest BCUT2D eigenvalue weighted by atomic mass is 32.1. The van der Waals surface area contributed by atoms with Crippen molar-refractivity contribution >= 4 is 23.2 Å². The van der Waals surface area contributed by atoms with E-state index in [9.17, 15) is 4.79 Å². The van der Waals surface area contributed by atoms with E-state index in [1.165, 1.54) is 6.42 Å². The van der Waals surface area contributed by atoms with Crippen LogP contribution in [0.2, 0.25) is 0 Å². The first kappa shape index (κ1) is 16.7. The smallest absolute Gasteiger partial charge is 0.320 e. The minimum absolute atomic E-state index is 0.200. The lowest BCUT2D eigenvalue weighted by atomic mass is 9.94. The Morgan fingerprint density at radius 2 is 2.38 bits per heavy atom. The average molecular weight is 345 g/mol. The molecule has 2 aromatic rings. The van der Waals surface area contributed by atoms with Gasteiger partial charge >= 0.3 is 6.03 Å². The molecule has 1 unspecified atom stereocenters. The molecular formula is C17H23N5OS. The molecule has 0 spiro atoms. The summed E-state index contributed by atoms with van der Waals surface area (Å²) >= 11 is 1.63. The molecule has 0 fully saturated rings. The fourth-order valence-electron chi connectivity index (χ4n) is 2.81. The van der Waals surface area contributed by atoms with Gasteiger partial charge in [0.05, 0.1) is 11.2 Å². The zero-order chi connectivity index (χ0) is 16.8. The van der Waals surface area contributed by atoms with Crippen molar-refractivity contribution in [2.45, 2.75) is 39.2 Å². The standard InChI is InChI=1S/C17H23N5OS/c1-13-12-24-16(20-13)8-9-18-17(23)21-15-7-10-19-22(15)11-14-5-3-2-4-6-14/h2-3,7,10,12,14H,4-6,8-9,11H2,1H3,(H2,18,21,23). The number of thiazole rings is 1. The molecule has 0 bridgehead atoms. The Kier molecular flexibility index (Phi) is 5.63. The van der Waals surface area contributed by atoms with Gasteiger partial charge in [-0.05, 0) is 32.1 Å². The maximum Gasteiger partial charge on any atom is 0.320 e. The minimum Gasteiger partial charge on any atom is -0.337 e. The first-order valence-corrected chi connectivity index (χ1v) is 9.21. The topological polar surface area (TPSA) is 71.8 Å². The number of aryl methyl sites for hydroxylation is 1. The molecule has 1 aliphatic rings. The van der Waals surface area contributed by atoms with Gasteiger partial charge in [-0.25, -0.2) is 14.5 Å². The lowest BCUT2D eigenvalue weighted by Gasteiger charge is -2.19. The number of carbonyl (C=O) groups excluding carboxylic acids is 1. The molecule has 0 saturated heterocycles. The van der Waals surface area contributed by atoms with Crippen LogP contribution in [0, 0.1) is 12.8 Å². The summed E-state index contributed by atoms with van der Waals surface area (Å²) in [6, 6.07) is 1.64. The van der Waals surface area contributed by atoms with Crippen LogP contribution in [-0.4, -0.2) is 27.3 Å². The number of nitrogens with zero attached hydrogens (tertiary/aromatic N) is 3. The third-order valence-electron chi connectivity index (χ3n) is 4.06. The predicted octanol–water partition coefficient (Wildman–Crippen LogP) is 3.37. The number of hydrogen-bond donors (Lipinski definition) is 2. The summed E-state index contributed by atoms with van der Waals surface area (Å²) in [5.41, 5.74) is 1.03. The molecule has 2 amide bonds. The summed E-state index contributed by atoms with van der Waals surface area (Å²) in [4.78, 5) is 16.4. The van der Waals surface area contributed by atoms with Crippen molar-refractivity contribution in [2.24, 2.45) is 5.92 Å². The van der Waals surface area contributed by atoms with Gasteiger partial charge in [-0.3, -0.25) is 5.32 Å². The molecule has 24 heavy (non-hydrogen) atoms. The van der Waals surface area contributed by atoms with Crippen molar-refractivity contribution in [3.05, 3.63) is 40.5 Å². The molecular weight excluding hydrogens is 322 g/mol. The minimum atomic E-state index is -0.200. The Balaban J connectivity index is 1.46. The summed E-state index contributed by atoms with van der Waals surface area (Å²) in [7, 11) is 0. The average Bonchev–Trinajstić information content (AvgIpc) is 3.18. The highest BCUT2D eigenvalue weighted by molar-refractivity contribution is 7.09. The Bertz CT molecular complexity index is 705. The Morgan fingerprint density at radius 1 is 1.46 bits per heavy atom. The van der Waals surface area contributed by atoms with E-state index in [1.54, 1.807) is 17.5 Å². The molecule has 1 atom stereocenters. The zero-order valence-corrected chi connectivity index (χ0v) is 14.7. The largest absolute Gasteiger partial charge is 0.337 e. The molecule has 2 N–H and O–H groups in total. The molecule has 0 aliphatic heterocycles. The molecule has 0 radical (unpaired) electrons. The van der Waals surface area contributed by atoms with Gasteiger partial charge in [0.1, 0.15) is 5.82 Å². The first-order chi connectivity index (χ1) is 11.7. The van der Waals surface area contributed by atoms with Gasteiger partial charge in [0.15, 0.2) is 0 Å². The number of amides is 2. The van der Waals surface area contributed by atoms with E-state index in [-0.39, 0.29) is 6.03 Å². The van der Waals surface area contributed by atoms with Gasteiger partial charge < -0.3 is 5.32 Å². The van der Waals surface area contributed by atoms with E-state index in [1.807, 2.05) is 23.1 Å². The van der Waals surface area contributed by atoms with Crippen LogP contribution >= 0.6 is 11.3 Å². The highest BCUT2D eigenvalue weighted by Crippen LogP contribution is 2.21. The van der Waals surface area contributed by atoms with Crippen LogP contribution in [0.25, 0.3) is 0 Å². The summed E-state index contributed by atoms with van der Waals surface area (Å²) in [5, 5.41) is 13.2. The molecule has 3 rings (SSSR count). The lowest BCUT2D eigenvalue weighted by molar-refractivity contribution is 0.252. The van der Waals surface area contributed by atoms with Gasteiger partial charge in [0.2, 0.25) is 0 Å². The number of allylic oxidation sites excluding steroid dienone is 2. The van der Waals surface area contributed by atoms with Gasteiger partial charge in [-0.1, -0.05) is 12.2 Å². The summed E-state index contributed by atoms with van der Waals surface area (Å²) in [6.07, 6.45) is 10.3. The number of aromatic nitrogens is 3. The summed E-state index contributed by atoms with van der Waals surface area (Å²) < 4.78 is 1.88. The van der Waals surface area contributed by atoms with Crippen molar-refractivity contribution in [3.8, 4) is 0 Å². The second-order valence-electron chi connectivity index (χ2n) is 6.06. The number of rotatable bonds is 6.